The molecule has 0 unspecified atom stereocenters. The average molecular weight is 307 g/mol. The van der Waals surface area contributed by atoms with E-state index >= 15 is 0 Å². The molecule has 0 bridgehead atoms. The molecule has 0 atom stereocenters. The van der Waals surface area contributed by atoms with Gasteiger partial charge in [-0.15, -0.1) is 22.9 Å². The Balaban J connectivity index is 1.98. The molecule has 0 aromatic carbocycles. The number of alkyl halides is 1. The second-order valence-electron chi connectivity index (χ2n) is 5.45. The second-order valence-corrected chi connectivity index (χ2v) is 6.75. The Labute approximate surface area is 129 Å². The van der Waals surface area contributed by atoms with E-state index in [1.54, 1.807) is 0 Å². The Kier molecular flexibility index (Phi) is 3.99. The van der Waals surface area contributed by atoms with E-state index in [0.29, 0.717) is 11.9 Å². The Hall–Kier alpha value is -1.06. The third-order valence-corrected chi connectivity index (χ3v) is 4.88. The van der Waals surface area contributed by atoms with Crippen molar-refractivity contribution in [1.29, 1.82) is 0 Å². The van der Waals surface area contributed by atoms with Gasteiger partial charge in [0.2, 0.25) is 0 Å². The molecule has 0 saturated heterocycles. The van der Waals surface area contributed by atoms with Gasteiger partial charge in [-0.05, 0) is 49.8 Å². The number of rotatable bonds is 5. The van der Waals surface area contributed by atoms with E-state index in [1.165, 1.54) is 28.8 Å². The number of pyridine rings is 1. The largest absolute Gasteiger partial charge is 0.348 e. The molecule has 1 fully saturated rings. The molecule has 3 rings (SSSR count). The van der Waals surface area contributed by atoms with Crippen molar-refractivity contribution in [3.63, 3.8) is 0 Å². The van der Waals surface area contributed by atoms with Crippen molar-refractivity contribution in [2.45, 2.75) is 45.2 Å². The van der Waals surface area contributed by atoms with Gasteiger partial charge < -0.3 is 4.90 Å². The highest BCUT2D eigenvalue weighted by atomic mass is 35.5. The summed E-state index contributed by atoms with van der Waals surface area (Å²) >= 11 is 7.99. The SMILES string of the molecule is Cc1cc(C)c(CCl)c(N(Cc2cccs2)C2CC2)n1. The van der Waals surface area contributed by atoms with Gasteiger partial charge in [0.25, 0.3) is 0 Å². The molecule has 1 aliphatic carbocycles. The first-order valence-corrected chi connectivity index (χ1v) is 8.42. The molecule has 0 radical (unpaired) electrons. The van der Waals surface area contributed by atoms with E-state index in [-0.39, 0.29) is 0 Å². The maximum Gasteiger partial charge on any atom is 0.134 e. The van der Waals surface area contributed by atoms with Crippen LogP contribution < -0.4 is 4.90 Å². The van der Waals surface area contributed by atoms with E-state index in [0.717, 1.165) is 18.1 Å². The number of aryl methyl sites for hydroxylation is 2. The minimum Gasteiger partial charge on any atom is -0.348 e. The smallest absolute Gasteiger partial charge is 0.134 e. The maximum absolute atomic E-state index is 6.18. The van der Waals surface area contributed by atoms with Crippen LogP contribution in [0.5, 0.6) is 0 Å². The van der Waals surface area contributed by atoms with Crippen LogP contribution in [0.1, 0.15) is 34.5 Å². The molecule has 2 nitrogen and oxygen atoms in total. The Morgan fingerprint density at radius 1 is 1.40 bits per heavy atom. The van der Waals surface area contributed by atoms with E-state index in [4.69, 9.17) is 16.6 Å². The number of hydrogen-bond acceptors (Lipinski definition) is 3. The highest BCUT2D eigenvalue weighted by molar-refractivity contribution is 7.09. The number of nitrogens with zero attached hydrogens (tertiary/aromatic N) is 2. The van der Waals surface area contributed by atoms with Gasteiger partial charge in [-0.25, -0.2) is 4.98 Å². The average Bonchev–Trinajstić information content (AvgIpc) is 3.12. The Bertz CT molecular complexity index is 591. The first-order chi connectivity index (χ1) is 9.69. The number of hydrogen-bond donors (Lipinski definition) is 0. The van der Waals surface area contributed by atoms with Crippen molar-refractivity contribution in [3.05, 3.63) is 45.3 Å². The summed E-state index contributed by atoms with van der Waals surface area (Å²) in [5.41, 5.74) is 3.50. The van der Waals surface area contributed by atoms with Crippen LogP contribution >= 0.6 is 22.9 Å². The monoisotopic (exact) mass is 306 g/mol. The molecule has 20 heavy (non-hydrogen) atoms. The molecule has 0 amide bonds. The first-order valence-electron chi connectivity index (χ1n) is 7.01. The van der Waals surface area contributed by atoms with Gasteiger partial charge in [-0.2, -0.15) is 0 Å². The maximum atomic E-state index is 6.18. The van der Waals surface area contributed by atoms with Crippen molar-refractivity contribution in [2.75, 3.05) is 4.90 Å². The zero-order valence-electron chi connectivity index (χ0n) is 11.9. The van der Waals surface area contributed by atoms with Crippen molar-refractivity contribution in [3.8, 4) is 0 Å². The number of anilines is 1. The summed E-state index contributed by atoms with van der Waals surface area (Å²) in [6.45, 7) is 5.14. The van der Waals surface area contributed by atoms with Gasteiger partial charge in [-0.3, -0.25) is 0 Å². The fourth-order valence-corrected chi connectivity index (χ4v) is 3.61. The highest BCUT2D eigenvalue weighted by Gasteiger charge is 2.32. The van der Waals surface area contributed by atoms with E-state index in [1.807, 2.05) is 11.3 Å². The predicted octanol–water partition coefficient (Wildman–Crippen LogP) is 4.67. The minimum atomic E-state index is 0.530. The molecule has 1 aliphatic rings. The number of thiophene rings is 1. The van der Waals surface area contributed by atoms with Crippen LogP contribution in [-0.4, -0.2) is 11.0 Å². The van der Waals surface area contributed by atoms with Crippen LogP contribution in [0.15, 0.2) is 23.6 Å². The first kappa shape index (κ1) is 13.9. The van der Waals surface area contributed by atoms with E-state index in [9.17, 15) is 0 Å². The Morgan fingerprint density at radius 2 is 2.20 bits per heavy atom. The predicted molar refractivity (Wildman–Crippen MR) is 86.8 cm³/mol. The van der Waals surface area contributed by atoms with Crippen molar-refractivity contribution in [1.82, 2.24) is 4.98 Å². The van der Waals surface area contributed by atoms with Crippen LogP contribution in [0.3, 0.4) is 0 Å². The molecule has 2 heterocycles. The molecule has 4 heteroatoms. The molecule has 0 aliphatic heterocycles. The third-order valence-electron chi connectivity index (χ3n) is 3.75. The van der Waals surface area contributed by atoms with E-state index < -0.39 is 0 Å². The quantitative estimate of drug-likeness (QED) is 0.746. The number of halogens is 1. The van der Waals surface area contributed by atoms with Crippen molar-refractivity contribution in [2.24, 2.45) is 0 Å². The highest BCUT2D eigenvalue weighted by Crippen LogP contribution is 2.36. The molecule has 0 N–H and O–H groups in total. The summed E-state index contributed by atoms with van der Waals surface area (Å²) < 4.78 is 0. The lowest BCUT2D eigenvalue weighted by molar-refractivity contribution is 0.777. The lowest BCUT2D eigenvalue weighted by Crippen LogP contribution is -2.27. The van der Waals surface area contributed by atoms with Crippen LogP contribution in [0.4, 0.5) is 5.82 Å². The van der Waals surface area contributed by atoms with Gasteiger partial charge in [-0.1, -0.05) is 6.07 Å². The Morgan fingerprint density at radius 3 is 2.80 bits per heavy atom. The summed E-state index contributed by atoms with van der Waals surface area (Å²) in [7, 11) is 0. The summed E-state index contributed by atoms with van der Waals surface area (Å²) in [5.74, 6) is 1.62. The minimum absolute atomic E-state index is 0.530. The fraction of sp³-hybridized carbons (Fsp3) is 0.438. The van der Waals surface area contributed by atoms with Gasteiger partial charge in [0.1, 0.15) is 5.82 Å². The molecule has 2 aromatic rings. The second kappa shape index (κ2) is 5.74. The van der Waals surface area contributed by atoms with Gasteiger partial charge >= 0.3 is 0 Å². The fourth-order valence-electron chi connectivity index (χ4n) is 2.58. The molecule has 0 spiro atoms. The zero-order chi connectivity index (χ0) is 14.1. The van der Waals surface area contributed by atoms with Crippen LogP contribution in [0.2, 0.25) is 0 Å². The van der Waals surface area contributed by atoms with Gasteiger partial charge in [0, 0.05) is 22.2 Å². The number of aromatic nitrogens is 1. The van der Waals surface area contributed by atoms with Gasteiger partial charge in [0.05, 0.1) is 12.4 Å². The molecule has 2 aromatic heterocycles. The van der Waals surface area contributed by atoms with Crippen molar-refractivity contribution < 1.29 is 0 Å². The third kappa shape index (κ3) is 2.84. The van der Waals surface area contributed by atoms with Crippen LogP contribution in [-0.2, 0) is 12.4 Å². The summed E-state index contributed by atoms with van der Waals surface area (Å²) in [4.78, 5) is 8.63. The standard InChI is InChI=1S/C16H19ClN2S/c1-11-8-12(2)18-16(15(11)9-17)19(13-5-6-13)10-14-4-3-7-20-14/h3-4,7-8,13H,5-6,9-10H2,1-2H3. The summed E-state index contributed by atoms with van der Waals surface area (Å²) in [6.07, 6.45) is 2.53. The molecule has 106 valence electrons. The topological polar surface area (TPSA) is 16.1 Å². The molecule has 1 saturated carbocycles. The lowest BCUT2D eigenvalue weighted by Gasteiger charge is -2.26. The molecular weight excluding hydrogens is 288 g/mol. The van der Waals surface area contributed by atoms with Crippen LogP contribution in [0.25, 0.3) is 0 Å². The lowest BCUT2D eigenvalue weighted by atomic mass is 10.1. The van der Waals surface area contributed by atoms with Gasteiger partial charge in [0.15, 0.2) is 0 Å². The van der Waals surface area contributed by atoms with Crippen LogP contribution in [0, 0.1) is 13.8 Å². The summed E-state index contributed by atoms with van der Waals surface area (Å²) in [5, 5.41) is 2.14. The summed E-state index contributed by atoms with van der Waals surface area (Å²) in [6, 6.07) is 7.07. The zero-order valence-corrected chi connectivity index (χ0v) is 13.5. The van der Waals surface area contributed by atoms with E-state index in [2.05, 4.69) is 42.3 Å². The van der Waals surface area contributed by atoms with Crippen molar-refractivity contribution >= 4 is 28.8 Å². The normalized spacial score (nSPS) is 14.6. The molecular formula is C16H19ClN2S.